The van der Waals surface area contributed by atoms with E-state index in [9.17, 15) is 0 Å². The second kappa shape index (κ2) is 11.6. The molecular formula is C49H35NS. The predicted molar refractivity (Wildman–Crippen MR) is 220 cm³/mol. The van der Waals surface area contributed by atoms with Gasteiger partial charge in [-0.3, -0.25) is 0 Å². The zero-order chi connectivity index (χ0) is 34.1. The van der Waals surface area contributed by atoms with E-state index in [2.05, 4.69) is 195 Å². The van der Waals surface area contributed by atoms with Crippen LogP contribution in [-0.2, 0) is 5.41 Å². The van der Waals surface area contributed by atoms with Crippen molar-refractivity contribution in [2.45, 2.75) is 19.3 Å². The van der Waals surface area contributed by atoms with Crippen LogP contribution < -0.4 is 4.90 Å². The number of anilines is 3. The van der Waals surface area contributed by atoms with E-state index in [0.29, 0.717) is 0 Å². The molecule has 10 rings (SSSR count). The van der Waals surface area contributed by atoms with Gasteiger partial charge in [0, 0.05) is 42.3 Å². The fraction of sp³-hybridized carbons (Fsp3) is 0.0612. The monoisotopic (exact) mass is 669 g/mol. The highest BCUT2D eigenvalue weighted by Gasteiger charge is 2.35. The molecule has 1 nitrogen and oxygen atoms in total. The topological polar surface area (TPSA) is 3.24 Å². The molecule has 1 heterocycles. The van der Waals surface area contributed by atoms with Gasteiger partial charge in [0.25, 0.3) is 0 Å². The summed E-state index contributed by atoms with van der Waals surface area (Å²) in [7, 11) is 0. The highest BCUT2D eigenvalue weighted by Crippen LogP contribution is 2.51. The van der Waals surface area contributed by atoms with Crippen molar-refractivity contribution in [3.8, 4) is 33.4 Å². The van der Waals surface area contributed by atoms with Gasteiger partial charge in [0.1, 0.15) is 0 Å². The molecule has 8 aromatic carbocycles. The standard InChI is InChI=1S/C49H35NS/c1-49(2)43-19-9-8-17-40(43)41-28-26-37(31-44(41)49)50(45-20-10-15-34-14-6-7-16-38(34)45)36-27-29-46-42(30-36)48-39(18-11-21-47(48)51-46)35-24-22-33(23-25-35)32-12-4-3-5-13-32/h3-31H,1-2H3. The Kier molecular flexibility index (Phi) is 6.78. The largest absolute Gasteiger partial charge is 0.310 e. The third-order valence-electron chi connectivity index (χ3n) is 10.9. The Morgan fingerprint density at radius 1 is 0.431 bits per heavy atom. The Bertz CT molecular complexity index is 2770. The van der Waals surface area contributed by atoms with Gasteiger partial charge in [-0.05, 0) is 92.4 Å². The Morgan fingerprint density at radius 3 is 1.96 bits per heavy atom. The van der Waals surface area contributed by atoms with Crippen LogP contribution in [0.1, 0.15) is 25.0 Å². The minimum atomic E-state index is -0.0924. The zero-order valence-electron chi connectivity index (χ0n) is 28.6. The molecule has 0 N–H and O–H groups in total. The first-order valence-corrected chi connectivity index (χ1v) is 18.5. The van der Waals surface area contributed by atoms with Crippen LogP contribution in [0.5, 0.6) is 0 Å². The van der Waals surface area contributed by atoms with Gasteiger partial charge in [0.05, 0.1) is 5.69 Å². The zero-order valence-corrected chi connectivity index (χ0v) is 29.4. The highest BCUT2D eigenvalue weighted by atomic mass is 32.1. The second-order valence-corrected chi connectivity index (χ2v) is 15.2. The third kappa shape index (κ3) is 4.75. The number of fused-ring (bicyclic) bond motifs is 7. The molecule has 0 unspecified atom stereocenters. The first kappa shape index (κ1) is 29.9. The fourth-order valence-electron chi connectivity index (χ4n) is 8.33. The molecule has 0 bridgehead atoms. The van der Waals surface area contributed by atoms with Gasteiger partial charge in [-0.15, -0.1) is 11.3 Å². The number of hydrogen-bond donors (Lipinski definition) is 0. The maximum Gasteiger partial charge on any atom is 0.0540 e. The lowest BCUT2D eigenvalue weighted by Crippen LogP contribution is -2.16. The Balaban J connectivity index is 1.17. The second-order valence-electron chi connectivity index (χ2n) is 14.1. The van der Waals surface area contributed by atoms with Crippen molar-refractivity contribution < 1.29 is 0 Å². The molecule has 51 heavy (non-hydrogen) atoms. The number of rotatable bonds is 5. The summed E-state index contributed by atoms with van der Waals surface area (Å²) < 4.78 is 2.60. The Morgan fingerprint density at radius 2 is 1.08 bits per heavy atom. The van der Waals surface area contributed by atoms with Crippen LogP contribution >= 0.6 is 11.3 Å². The maximum absolute atomic E-state index is 2.47. The minimum Gasteiger partial charge on any atom is -0.310 e. The van der Waals surface area contributed by atoms with Crippen LogP contribution in [-0.4, -0.2) is 0 Å². The van der Waals surface area contributed by atoms with Crippen LogP contribution in [0, 0.1) is 0 Å². The van der Waals surface area contributed by atoms with Gasteiger partial charge in [0.15, 0.2) is 0 Å². The number of benzene rings is 8. The Labute approximate surface area is 302 Å². The van der Waals surface area contributed by atoms with Gasteiger partial charge in [-0.2, -0.15) is 0 Å². The van der Waals surface area contributed by atoms with Crippen molar-refractivity contribution in [2.24, 2.45) is 0 Å². The molecule has 0 amide bonds. The average Bonchev–Trinajstić information content (AvgIpc) is 3.67. The molecule has 9 aromatic rings. The summed E-state index contributed by atoms with van der Waals surface area (Å²) in [6, 6.07) is 64.9. The summed E-state index contributed by atoms with van der Waals surface area (Å²) in [5.74, 6) is 0. The molecule has 1 aliphatic rings. The average molecular weight is 670 g/mol. The SMILES string of the molecule is CC1(C)c2ccccc2-c2ccc(N(c3ccc4sc5cccc(-c6ccc(-c7ccccc7)cc6)c5c4c3)c3cccc4ccccc34)cc21. The summed E-state index contributed by atoms with van der Waals surface area (Å²) in [5, 5.41) is 5.07. The van der Waals surface area contributed by atoms with Crippen LogP contribution in [0.4, 0.5) is 17.1 Å². The van der Waals surface area contributed by atoms with Crippen molar-refractivity contribution in [1.82, 2.24) is 0 Å². The number of thiophene rings is 1. The quantitative estimate of drug-likeness (QED) is 0.176. The molecule has 242 valence electrons. The van der Waals surface area contributed by atoms with Gasteiger partial charge in [-0.25, -0.2) is 0 Å². The normalized spacial score (nSPS) is 13.1. The summed E-state index contributed by atoms with van der Waals surface area (Å²) in [6.07, 6.45) is 0. The first-order valence-electron chi connectivity index (χ1n) is 17.7. The van der Waals surface area contributed by atoms with E-state index in [4.69, 9.17) is 0 Å². The van der Waals surface area contributed by atoms with E-state index in [-0.39, 0.29) is 5.41 Å². The molecule has 0 saturated carbocycles. The Hall–Kier alpha value is -5.96. The molecule has 1 aromatic heterocycles. The van der Waals surface area contributed by atoms with Crippen LogP contribution in [0.2, 0.25) is 0 Å². The molecule has 0 fully saturated rings. The van der Waals surface area contributed by atoms with E-state index >= 15 is 0 Å². The predicted octanol–water partition coefficient (Wildman–Crippen LogP) is 14.3. The molecule has 0 aliphatic heterocycles. The summed E-state index contributed by atoms with van der Waals surface area (Å²) in [4.78, 5) is 2.47. The molecule has 0 atom stereocenters. The first-order chi connectivity index (χ1) is 25.0. The molecule has 0 spiro atoms. The summed E-state index contributed by atoms with van der Waals surface area (Å²) in [5.41, 5.74) is 13.8. The molecule has 0 saturated heterocycles. The smallest absolute Gasteiger partial charge is 0.0540 e. The van der Waals surface area contributed by atoms with Crippen molar-refractivity contribution in [1.29, 1.82) is 0 Å². The van der Waals surface area contributed by atoms with Gasteiger partial charge < -0.3 is 4.90 Å². The van der Waals surface area contributed by atoms with Crippen molar-refractivity contribution in [2.75, 3.05) is 4.90 Å². The van der Waals surface area contributed by atoms with Crippen molar-refractivity contribution >= 4 is 59.3 Å². The lowest BCUT2D eigenvalue weighted by atomic mass is 9.82. The van der Waals surface area contributed by atoms with E-state index in [1.54, 1.807) is 0 Å². The van der Waals surface area contributed by atoms with E-state index in [0.717, 1.165) is 5.69 Å². The van der Waals surface area contributed by atoms with Gasteiger partial charge in [0.2, 0.25) is 0 Å². The van der Waals surface area contributed by atoms with E-state index in [1.807, 2.05) is 11.3 Å². The number of hydrogen-bond acceptors (Lipinski definition) is 2. The van der Waals surface area contributed by atoms with Gasteiger partial charge >= 0.3 is 0 Å². The van der Waals surface area contributed by atoms with Crippen LogP contribution in [0.25, 0.3) is 64.3 Å². The molecular weight excluding hydrogens is 635 g/mol. The van der Waals surface area contributed by atoms with Gasteiger partial charge in [-0.1, -0.05) is 147 Å². The van der Waals surface area contributed by atoms with Crippen LogP contribution in [0.3, 0.4) is 0 Å². The maximum atomic E-state index is 2.47. The summed E-state index contributed by atoms with van der Waals surface area (Å²) >= 11 is 1.88. The highest BCUT2D eigenvalue weighted by molar-refractivity contribution is 7.26. The minimum absolute atomic E-state index is 0.0924. The lowest BCUT2D eigenvalue weighted by molar-refractivity contribution is 0.660. The van der Waals surface area contributed by atoms with Crippen molar-refractivity contribution in [3.05, 3.63) is 187 Å². The van der Waals surface area contributed by atoms with Crippen molar-refractivity contribution in [3.63, 3.8) is 0 Å². The van der Waals surface area contributed by atoms with E-state index < -0.39 is 0 Å². The van der Waals surface area contributed by atoms with Crippen LogP contribution in [0.15, 0.2) is 176 Å². The molecule has 1 aliphatic carbocycles. The number of nitrogens with zero attached hydrogens (tertiary/aromatic N) is 1. The summed E-state index contributed by atoms with van der Waals surface area (Å²) in [6.45, 7) is 4.72. The molecule has 2 heteroatoms. The lowest BCUT2D eigenvalue weighted by Gasteiger charge is -2.29. The third-order valence-corrected chi connectivity index (χ3v) is 12.0. The molecule has 0 radical (unpaired) electrons. The van der Waals surface area contributed by atoms with E-state index in [1.165, 1.54) is 86.8 Å². The fourth-order valence-corrected chi connectivity index (χ4v) is 9.44.